The molecule has 0 unspecified atom stereocenters. The van der Waals surface area contributed by atoms with Crippen LogP contribution in [0.1, 0.15) is 35.1 Å². The summed E-state index contributed by atoms with van der Waals surface area (Å²) in [4.78, 5) is 33.3. The van der Waals surface area contributed by atoms with Crippen LogP contribution in [0.3, 0.4) is 0 Å². The summed E-state index contributed by atoms with van der Waals surface area (Å²) in [5, 5.41) is 6.32. The van der Waals surface area contributed by atoms with Crippen LogP contribution in [0.4, 0.5) is 11.8 Å². The number of aryl methyl sites for hydroxylation is 2. The number of rotatable bonds is 5. The van der Waals surface area contributed by atoms with Crippen LogP contribution in [-0.2, 0) is 0 Å². The predicted octanol–water partition coefficient (Wildman–Crippen LogP) is 1.83. The first-order chi connectivity index (χ1) is 15.5. The van der Waals surface area contributed by atoms with Crippen LogP contribution in [0.25, 0.3) is 5.65 Å². The molecule has 2 saturated heterocycles. The maximum Gasteiger partial charge on any atom is 0.263 e. The van der Waals surface area contributed by atoms with Crippen molar-refractivity contribution in [2.24, 2.45) is 11.8 Å². The lowest BCUT2D eigenvalue weighted by Gasteiger charge is -2.23. The van der Waals surface area contributed by atoms with E-state index in [0.29, 0.717) is 36.1 Å². The number of imidazole rings is 1. The first-order valence-electron chi connectivity index (χ1n) is 11.1. The van der Waals surface area contributed by atoms with Crippen molar-refractivity contribution in [3.63, 3.8) is 0 Å². The molecule has 2 atom stereocenters. The highest BCUT2D eigenvalue weighted by molar-refractivity contribution is 6.05. The summed E-state index contributed by atoms with van der Waals surface area (Å²) in [7, 11) is 0. The monoisotopic (exact) mass is 436 g/mol. The Hall–Kier alpha value is -3.27. The van der Waals surface area contributed by atoms with Gasteiger partial charge < -0.3 is 24.7 Å². The second kappa shape index (κ2) is 8.34. The molecule has 3 aromatic heterocycles. The molecule has 10 nitrogen and oxygen atoms in total. The smallest absolute Gasteiger partial charge is 0.263 e. The van der Waals surface area contributed by atoms with Gasteiger partial charge in [0.15, 0.2) is 5.65 Å². The van der Waals surface area contributed by atoms with Gasteiger partial charge in [-0.2, -0.15) is 4.98 Å². The largest absolute Gasteiger partial charge is 0.477 e. The van der Waals surface area contributed by atoms with Gasteiger partial charge in [-0.1, -0.05) is 0 Å². The highest BCUT2D eigenvalue weighted by Gasteiger charge is 2.35. The van der Waals surface area contributed by atoms with Crippen molar-refractivity contribution in [2.75, 3.05) is 43.0 Å². The zero-order valence-electron chi connectivity index (χ0n) is 18.6. The van der Waals surface area contributed by atoms with Crippen LogP contribution < -0.4 is 20.3 Å². The third-order valence-corrected chi connectivity index (χ3v) is 6.19. The molecule has 0 radical (unpaired) electrons. The summed E-state index contributed by atoms with van der Waals surface area (Å²) in [5.74, 6) is 2.25. The molecule has 1 amide bonds. The average molecular weight is 437 g/mol. The van der Waals surface area contributed by atoms with Gasteiger partial charge in [-0.05, 0) is 52.1 Å². The summed E-state index contributed by atoms with van der Waals surface area (Å²) in [5.41, 5.74) is 2.68. The molecule has 3 aromatic rings. The number of aromatic nitrogens is 5. The number of amides is 1. The van der Waals surface area contributed by atoms with Crippen molar-refractivity contribution in [3.8, 4) is 5.88 Å². The Balaban J connectivity index is 1.38. The van der Waals surface area contributed by atoms with Crippen LogP contribution in [-0.4, -0.2) is 63.0 Å². The van der Waals surface area contributed by atoms with Crippen LogP contribution in [0.15, 0.2) is 18.6 Å². The molecule has 32 heavy (non-hydrogen) atoms. The van der Waals surface area contributed by atoms with Crippen molar-refractivity contribution >= 4 is 23.3 Å². The number of nitrogens with zero attached hydrogens (tertiary/aromatic N) is 6. The van der Waals surface area contributed by atoms with Gasteiger partial charge in [-0.15, -0.1) is 0 Å². The van der Waals surface area contributed by atoms with E-state index in [9.17, 15) is 4.79 Å². The van der Waals surface area contributed by atoms with Crippen molar-refractivity contribution in [1.82, 2.24) is 29.7 Å². The minimum atomic E-state index is -0.359. The van der Waals surface area contributed by atoms with Gasteiger partial charge in [-0.25, -0.2) is 15.0 Å². The molecule has 0 aromatic carbocycles. The fourth-order valence-corrected chi connectivity index (χ4v) is 4.66. The summed E-state index contributed by atoms with van der Waals surface area (Å²) < 4.78 is 7.58. The number of piperidine rings is 1. The number of ether oxygens (including phenoxy) is 1. The van der Waals surface area contributed by atoms with E-state index >= 15 is 0 Å². The van der Waals surface area contributed by atoms with E-state index in [4.69, 9.17) is 4.74 Å². The van der Waals surface area contributed by atoms with E-state index in [1.54, 1.807) is 12.4 Å². The standard InChI is InChI=1S/C22H28N8O2/c1-4-32-21-17(8-24-22(28-21)30-10-15-5-6-23-7-16(15)11-30)20(31)27-18-12-29-9-13(2)25-19(29)14(3)26-18/h8-9,12,15-16,23H,4-7,10-11H2,1-3H3,(H,27,31)/t15-,16+/m0/s1. The molecule has 2 N–H and O–H groups in total. The minimum absolute atomic E-state index is 0.287. The Kier molecular flexibility index (Phi) is 5.38. The molecule has 0 saturated carbocycles. The number of anilines is 2. The Labute approximate surface area is 186 Å². The lowest BCUT2D eigenvalue weighted by atomic mass is 9.90. The van der Waals surface area contributed by atoms with Crippen molar-refractivity contribution in [3.05, 3.63) is 35.5 Å². The third kappa shape index (κ3) is 3.86. The van der Waals surface area contributed by atoms with Crippen LogP contribution >= 0.6 is 0 Å². The van der Waals surface area contributed by atoms with Gasteiger partial charge in [0, 0.05) is 25.5 Å². The third-order valence-electron chi connectivity index (χ3n) is 6.19. The van der Waals surface area contributed by atoms with E-state index in [1.807, 2.05) is 31.4 Å². The van der Waals surface area contributed by atoms with Crippen LogP contribution in [0.2, 0.25) is 0 Å². The highest BCUT2D eigenvalue weighted by atomic mass is 16.5. The number of hydrogen-bond acceptors (Lipinski definition) is 8. The fraction of sp³-hybridized carbons (Fsp3) is 0.500. The average Bonchev–Trinajstić information content (AvgIpc) is 3.37. The maximum absolute atomic E-state index is 13.0. The molecule has 0 aliphatic carbocycles. The summed E-state index contributed by atoms with van der Waals surface area (Å²) >= 11 is 0. The molecule has 5 rings (SSSR count). The lowest BCUT2D eigenvalue weighted by molar-refractivity contribution is 0.102. The van der Waals surface area contributed by atoms with Gasteiger partial charge in [0.1, 0.15) is 11.4 Å². The molecule has 10 heteroatoms. The van der Waals surface area contributed by atoms with Gasteiger partial charge in [0.05, 0.1) is 24.2 Å². The van der Waals surface area contributed by atoms with Crippen molar-refractivity contribution in [2.45, 2.75) is 27.2 Å². The second-order valence-electron chi connectivity index (χ2n) is 8.52. The SMILES string of the molecule is CCOc1nc(N2C[C@H]3CNCC[C@H]3C2)ncc1C(=O)Nc1cn2cc(C)nc2c(C)n1. The molecule has 5 heterocycles. The van der Waals surface area contributed by atoms with E-state index < -0.39 is 0 Å². The molecule has 0 bridgehead atoms. The Morgan fingerprint density at radius 3 is 2.88 bits per heavy atom. The van der Waals surface area contributed by atoms with E-state index in [2.05, 4.69) is 35.5 Å². The maximum atomic E-state index is 13.0. The van der Waals surface area contributed by atoms with Gasteiger partial charge in [-0.3, -0.25) is 4.79 Å². The van der Waals surface area contributed by atoms with E-state index in [-0.39, 0.29) is 11.5 Å². The Morgan fingerprint density at radius 2 is 2.06 bits per heavy atom. The highest BCUT2D eigenvalue weighted by Crippen LogP contribution is 2.31. The van der Waals surface area contributed by atoms with Crippen molar-refractivity contribution in [1.29, 1.82) is 0 Å². The Bertz CT molecular complexity index is 1150. The van der Waals surface area contributed by atoms with Crippen LogP contribution in [0.5, 0.6) is 5.88 Å². The quantitative estimate of drug-likeness (QED) is 0.624. The number of carbonyl (C=O) groups excluding carboxylic acids is 1. The number of nitrogens with one attached hydrogen (secondary N) is 2. The van der Waals surface area contributed by atoms with Gasteiger partial charge >= 0.3 is 0 Å². The summed E-state index contributed by atoms with van der Waals surface area (Å²) in [6.45, 7) is 10.0. The van der Waals surface area contributed by atoms with Crippen LogP contribution in [0, 0.1) is 25.7 Å². The number of fused-ring (bicyclic) bond motifs is 2. The number of hydrogen-bond donors (Lipinski definition) is 2. The predicted molar refractivity (Wildman–Crippen MR) is 120 cm³/mol. The molecule has 168 valence electrons. The molecular weight excluding hydrogens is 408 g/mol. The normalized spacial score (nSPS) is 20.4. The summed E-state index contributed by atoms with van der Waals surface area (Å²) in [6, 6.07) is 0. The van der Waals surface area contributed by atoms with Gasteiger partial charge in [0.2, 0.25) is 11.8 Å². The number of carbonyl (C=O) groups is 1. The molecule has 2 fully saturated rings. The van der Waals surface area contributed by atoms with E-state index in [1.165, 1.54) is 6.42 Å². The molecule has 0 spiro atoms. The lowest BCUT2D eigenvalue weighted by Crippen LogP contribution is -2.35. The van der Waals surface area contributed by atoms with E-state index in [0.717, 1.165) is 43.2 Å². The molecule has 2 aliphatic rings. The molecular formula is C22H28N8O2. The minimum Gasteiger partial charge on any atom is -0.477 e. The zero-order chi connectivity index (χ0) is 22.2. The second-order valence-corrected chi connectivity index (χ2v) is 8.52. The Morgan fingerprint density at radius 1 is 1.22 bits per heavy atom. The fourth-order valence-electron chi connectivity index (χ4n) is 4.66. The zero-order valence-corrected chi connectivity index (χ0v) is 18.6. The van der Waals surface area contributed by atoms with Crippen molar-refractivity contribution < 1.29 is 9.53 Å². The summed E-state index contributed by atoms with van der Waals surface area (Å²) in [6.07, 6.45) is 6.37. The van der Waals surface area contributed by atoms with Gasteiger partial charge in [0.25, 0.3) is 5.91 Å². The molecule has 2 aliphatic heterocycles. The topological polar surface area (TPSA) is 110 Å². The first kappa shape index (κ1) is 20.6. The first-order valence-corrected chi connectivity index (χ1v) is 11.1.